The van der Waals surface area contributed by atoms with Gasteiger partial charge in [0.15, 0.2) is 0 Å². The number of aromatic amines is 1. The van der Waals surface area contributed by atoms with Gasteiger partial charge in [0.1, 0.15) is 5.76 Å². The first kappa shape index (κ1) is 15.5. The van der Waals surface area contributed by atoms with Gasteiger partial charge in [-0.1, -0.05) is 18.2 Å². The standard InChI is InChI=1S/C16H16N2O4S/c1-23(20,21)18(11-14-6-4-8-22-14)10-13-9-12-5-2-3-7-15(12)17-16(13)19/h2-9H,10-11H2,1H3,(H,17,19). The van der Waals surface area contributed by atoms with Gasteiger partial charge >= 0.3 is 0 Å². The van der Waals surface area contributed by atoms with Gasteiger partial charge in [-0.15, -0.1) is 0 Å². The van der Waals surface area contributed by atoms with Gasteiger partial charge in [0, 0.05) is 17.6 Å². The Morgan fingerprint density at radius 2 is 1.91 bits per heavy atom. The van der Waals surface area contributed by atoms with Crippen molar-refractivity contribution < 1.29 is 12.8 Å². The molecule has 0 aliphatic rings. The second-order valence-electron chi connectivity index (χ2n) is 5.32. The Kier molecular flexibility index (Phi) is 4.06. The number of benzene rings is 1. The van der Waals surface area contributed by atoms with Crippen molar-refractivity contribution >= 4 is 20.9 Å². The van der Waals surface area contributed by atoms with Crippen molar-refractivity contribution in [2.45, 2.75) is 13.1 Å². The topological polar surface area (TPSA) is 83.4 Å². The molecule has 120 valence electrons. The Morgan fingerprint density at radius 1 is 1.13 bits per heavy atom. The number of nitrogens with one attached hydrogen (secondary N) is 1. The molecule has 0 saturated heterocycles. The summed E-state index contributed by atoms with van der Waals surface area (Å²) in [6.45, 7) is 0.0673. The van der Waals surface area contributed by atoms with Crippen LogP contribution in [0.1, 0.15) is 11.3 Å². The number of hydrogen-bond acceptors (Lipinski definition) is 4. The van der Waals surface area contributed by atoms with E-state index in [-0.39, 0.29) is 18.6 Å². The number of H-pyrrole nitrogens is 1. The average molecular weight is 332 g/mol. The summed E-state index contributed by atoms with van der Waals surface area (Å²) in [5.74, 6) is 0.521. The van der Waals surface area contributed by atoms with Gasteiger partial charge in [0.2, 0.25) is 10.0 Å². The quantitative estimate of drug-likeness (QED) is 0.775. The Labute approximate surface area is 133 Å². The lowest BCUT2D eigenvalue weighted by molar-refractivity contribution is 0.360. The normalized spacial score (nSPS) is 12.1. The molecular weight excluding hydrogens is 316 g/mol. The van der Waals surface area contributed by atoms with Crippen molar-refractivity contribution in [1.29, 1.82) is 0 Å². The molecule has 0 aliphatic carbocycles. The van der Waals surface area contributed by atoms with E-state index >= 15 is 0 Å². The van der Waals surface area contributed by atoms with Crippen LogP contribution >= 0.6 is 0 Å². The van der Waals surface area contributed by atoms with Gasteiger partial charge in [-0.3, -0.25) is 4.79 Å². The molecule has 0 fully saturated rings. The molecule has 3 rings (SSSR count). The molecule has 0 unspecified atom stereocenters. The fraction of sp³-hybridized carbons (Fsp3) is 0.188. The third-order valence-electron chi connectivity index (χ3n) is 3.56. The van der Waals surface area contributed by atoms with Crippen LogP contribution in [0.3, 0.4) is 0 Å². The van der Waals surface area contributed by atoms with Crippen LogP contribution < -0.4 is 5.56 Å². The molecule has 7 heteroatoms. The Bertz CT molecular complexity index is 975. The first-order valence-corrected chi connectivity index (χ1v) is 8.87. The summed E-state index contributed by atoms with van der Waals surface area (Å²) in [4.78, 5) is 15.0. The van der Waals surface area contributed by atoms with E-state index in [1.807, 2.05) is 18.2 Å². The minimum absolute atomic E-state index is 0.0142. The molecule has 0 atom stereocenters. The summed E-state index contributed by atoms with van der Waals surface area (Å²) in [5.41, 5.74) is 0.815. The fourth-order valence-corrected chi connectivity index (χ4v) is 3.10. The van der Waals surface area contributed by atoms with E-state index in [9.17, 15) is 13.2 Å². The molecule has 0 bridgehead atoms. The number of rotatable bonds is 5. The van der Waals surface area contributed by atoms with Gasteiger partial charge in [0.25, 0.3) is 5.56 Å². The van der Waals surface area contributed by atoms with E-state index in [2.05, 4.69) is 4.98 Å². The smallest absolute Gasteiger partial charge is 0.252 e. The van der Waals surface area contributed by atoms with Gasteiger partial charge in [0.05, 0.1) is 19.1 Å². The third kappa shape index (κ3) is 3.52. The van der Waals surface area contributed by atoms with Gasteiger partial charge in [-0.2, -0.15) is 4.31 Å². The van der Waals surface area contributed by atoms with E-state index < -0.39 is 10.0 Å². The molecule has 2 aromatic heterocycles. The second kappa shape index (κ2) is 6.02. The molecule has 1 N–H and O–H groups in total. The van der Waals surface area contributed by atoms with E-state index in [4.69, 9.17) is 4.42 Å². The predicted molar refractivity (Wildman–Crippen MR) is 87.4 cm³/mol. The summed E-state index contributed by atoms with van der Waals surface area (Å²) < 4.78 is 30.4. The van der Waals surface area contributed by atoms with Crippen LogP contribution in [0, 0.1) is 0 Å². The lowest BCUT2D eigenvalue weighted by atomic mass is 10.1. The Morgan fingerprint density at radius 3 is 2.61 bits per heavy atom. The highest BCUT2D eigenvalue weighted by Gasteiger charge is 2.20. The number of aromatic nitrogens is 1. The minimum Gasteiger partial charge on any atom is -0.468 e. The molecule has 0 aliphatic heterocycles. The van der Waals surface area contributed by atoms with Crippen molar-refractivity contribution in [3.05, 3.63) is 70.4 Å². The monoisotopic (exact) mass is 332 g/mol. The van der Waals surface area contributed by atoms with Crippen molar-refractivity contribution in [2.24, 2.45) is 0 Å². The van der Waals surface area contributed by atoms with E-state index in [1.54, 1.807) is 24.3 Å². The van der Waals surface area contributed by atoms with Crippen LogP contribution in [0.25, 0.3) is 10.9 Å². The van der Waals surface area contributed by atoms with Crippen LogP contribution in [0.5, 0.6) is 0 Å². The maximum Gasteiger partial charge on any atom is 0.252 e. The number of furan rings is 1. The van der Waals surface area contributed by atoms with E-state index in [0.29, 0.717) is 11.3 Å². The maximum atomic E-state index is 12.2. The van der Waals surface area contributed by atoms with Crippen LogP contribution in [0.2, 0.25) is 0 Å². The van der Waals surface area contributed by atoms with E-state index in [1.165, 1.54) is 10.6 Å². The predicted octanol–water partition coefficient (Wildman–Crippen LogP) is 2.08. The SMILES string of the molecule is CS(=O)(=O)N(Cc1ccco1)Cc1cc2ccccc2[nH]c1=O. The lowest BCUT2D eigenvalue weighted by Crippen LogP contribution is -2.31. The zero-order valence-electron chi connectivity index (χ0n) is 12.5. The molecule has 3 aromatic rings. The fourth-order valence-electron chi connectivity index (χ4n) is 2.37. The Hall–Kier alpha value is -2.38. The second-order valence-corrected chi connectivity index (χ2v) is 7.30. The Balaban J connectivity index is 1.96. The summed E-state index contributed by atoms with van der Waals surface area (Å²) in [6, 6.07) is 12.5. The molecule has 0 saturated carbocycles. The highest BCUT2D eigenvalue weighted by molar-refractivity contribution is 7.88. The lowest BCUT2D eigenvalue weighted by Gasteiger charge is -2.18. The molecule has 2 heterocycles. The zero-order chi connectivity index (χ0) is 16.4. The molecule has 6 nitrogen and oxygen atoms in total. The number of hydrogen-bond donors (Lipinski definition) is 1. The average Bonchev–Trinajstić information content (AvgIpc) is 2.99. The maximum absolute atomic E-state index is 12.2. The number of pyridine rings is 1. The summed E-state index contributed by atoms with van der Waals surface area (Å²) in [5, 5.41) is 0.855. The molecular formula is C16H16N2O4S. The summed E-state index contributed by atoms with van der Waals surface area (Å²) in [7, 11) is -3.49. The number of fused-ring (bicyclic) bond motifs is 1. The largest absolute Gasteiger partial charge is 0.468 e. The van der Waals surface area contributed by atoms with Crippen LogP contribution in [0.4, 0.5) is 0 Å². The van der Waals surface area contributed by atoms with E-state index in [0.717, 1.165) is 17.2 Å². The van der Waals surface area contributed by atoms with Crippen molar-refractivity contribution in [3.8, 4) is 0 Å². The molecule has 0 spiro atoms. The first-order chi connectivity index (χ1) is 10.9. The molecule has 0 amide bonds. The number of sulfonamides is 1. The van der Waals surface area contributed by atoms with Crippen molar-refractivity contribution in [3.63, 3.8) is 0 Å². The van der Waals surface area contributed by atoms with Crippen molar-refractivity contribution in [2.75, 3.05) is 6.26 Å². The molecule has 23 heavy (non-hydrogen) atoms. The van der Waals surface area contributed by atoms with Crippen LogP contribution in [0.15, 0.2) is 57.9 Å². The molecule has 1 aromatic carbocycles. The highest BCUT2D eigenvalue weighted by Crippen LogP contribution is 2.15. The number of nitrogens with zero attached hydrogens (tertiary/aromatic N) is 1. The molecule has 0 radical (unpaired) electrons. The van der Waals surface area contributed by atoms with Gasteiger partial charge in [-0.25, -0.2) is 8.42 Å². The number of para-hydroxylation sites is 1. The van der Waals surface area contributed by atoms with Crippen LogP contribution in [-0.2, 0) is 23.1 Å². The van der Waals surface area contributed by atoms with Gasteiger partial charge in [-0.05, 0) is 29.7 Å². The summed E-state index contributed by atoms with van der Waals surface area (Å²) >= 11 is 0. The zero-order valence-corrected chi connectivity index (χ0v) is 13.3. The third-order valence-corrected chi connectivity index (χ3v) is 4.75. The summed E-state index contributed by atoms with van der Waals surface area (Å²) in [6.07, 6.45) is 2.60. The van der Waals surface area contributed by atoms with Crippen LogP contribution in [-0.4, -0.2) is 24.0 Å². The van der Waals surface area contributed by atoms with Gasteiger partial charge < -0.3 is 9.40 Å². The minimum atomic E-state index is -3.49. The van der Waals surface area contributed by atoms with Crippen molar-refractivity contribution in [1.82, 2.24) is 9.29 Å². The first-order valence-electron chi connectivity index (χ1n) is 7.02. The highest BCUT2D eigenvalue weighted by atomic mass is 32.2.